The molecule has 7 heteroatoms. The highest BCUT2D eigenvalue weighted by Crippen LogP contribution is 2.16. The molecular weight excluding hydrogens is 276 g/mol. The average Bonchev–Trinajstić information content (AvgIpc) is 2.87. The van der Waals surface area contributed by atoms with Crippen LogP contribution < -0.4 is 5.73 Å². The smallest absolute Gasteiger partial charge is 0.410 e. The summed E-state index contributed by atoms with van der Waals surface area (Å²) in [6, 6.07) is -0.899. The van der Waals surface area contributed by atoms with Gasteiger partial charge < -0.3 is 24.8 Å². The van der Waals surface area contributed by atoms with Crippen LogP contribution in [0.1, 0.15) is 33.6 Å². The molecule has 0 aromatic heterocycles. The topological polar surface area (TPSA) is 91.1 Å². The van der Waals surface area contributed by atoms with Crippen LogP contribution in [0.25, 0.3) is 0 Å². The van der Waals surface area contributed by atoms with Gasteiger partial charge in [0.15, 0.2) is 0 Å². The minimum absolute atomic E-state index is 0.0395. The zero-order chi connectivity index (χ0) is 16.0. The number of methoxy groups -OCH3 is 1. The maximum absolute atomic E-state index is 12.2. The molecular formula is C14H26N2O5. The van der Waals surface area contributed by atoms with Crippen LogP contribution in [0.2, 0.25) is 0 Å². The first-order valence-electron chi connectivity index (χ1n) is 7.16. The molecule has 0 spiro atoms. The van der Waals surface area contributed by atoms with E-state index in [4.69, 9.17) is 15.2 Å². The van der Waals surface area contributed by atoms with E-state index in [-0.39, 0.29) is 12.6 Å². The van der Waals surface area contributed by atoms with Crippen molar-refractivity contribution >= 4 is 12.1 Å². The van der Waals surface area contributed by atoms with Gasteiger partial charge in [-0.2, -0.15) is 0 Å². The number of ether oxygens (including phenoxy) is 3. The molecule has 1 aliphatic heterocycles. The Hall–Kier alpha value is -1.34. The van der Waals surface area contributed by atoms with Crippen LogP contribution in [-0.4, -0.2) is 61.5 Å². The predicted molar refractivity (Wildman–Crippen MR) is 76.8 cm³/mol. The Morgan fingerprint density at radius 2 is 2.10 bits per heavy atom. The van der Waals surface area contributed by atoms with Gasteiger partial charge in [-0.1, -0.05) is 0 Å². The van der Waals surface area contributed by atoms with E-state index in [0.29, 0.717) is 13.2 Å². The Morgan fingerprint density at radius 3 is 2.57 bits per heavy atom. The quantitative estimate of drug-likeness (QED) is 0.759. The van der Waals surface area contributed by atoms with Crippen LogP contribution in [0.4, 0.5) is 4.79 Å². The minimum Gasteiger partial charge on any atom is -0.468 e. The lowest BCUT2D eigenvalue weighted by atomic mass is 10.2. The molecule has 0 aromatic rings. The van der Waals surface area contributed by atoms with Gasteiger partial charge in [0.1, 0.15) is 11.6 Å². The largest absolute Gasteiger partial charge is 0.468 e. The van der Waals surface area contributed by atoms with Crippen molar-refractivity contribution in [3.05, 3.63) is 0 Å². The zero-order valence-corrected chi connectivity index (χ0v) is 13.3. The number of amides is 1. The number of hydrogen-bond donors (Lipinski definition) is 1. The first-order chi connectivity index (χ1) is 9.73. The molecule has 1 amide bonds. The van der Waals surface area contributed by atoms with Crippen molar-refractivity contribution in [1.29, 1.82) is 0 Å². The van der Waals surface area contributed by atoms with Gasteiger partial charge in [-0.25, -0.2) is 4.79 Å². The number of rotatable bonds is 5. The molecule has 0 saturated carbocycles. The monoisotopic (exact) mass is 302 g/mol. The molecule has 122 valence electrons. The van der Waals surface area contributed by atoms with Crippen molar-refractivity contribution in [2.45, 2.75) is 51.4 Å². The lowest BCUT2D eigenvalue weighted by molar-refractivity contribution is -0.142. The summed E-state index contributed by atoms with van der Waals surface area (Å²) >= 11 is 0. The number of esters is 1. The summed E-state index contributed by atoms with van der Waals surface area (Å²) in [5.74, 6) is -0.559. The first kappa shape index (κ1) is 17.7. The van der Waals surface area contributed by atoms with E-state index in [1.165, 1.54) is 12.0 Å². The molecule has 21 heavy (non-hydrogen) atoms. The Labute approximate surface area is 125 Å². The molecule has 0 aromatic carbocycles. The summed E-state index contributed by atoms with van der Waals surface area (Å²) < 4.78 is 15.5. The Bertz CT molecular complexity index is 361. The summed E-state index contributed by atoms with van der Waals surface area (Å²) in [5.41, 5.74) is 5.13. The van der Waals surface area contributed by atoms with Crippen LogP contribution >= 0.6 is 0 Å². The molecule has 1 fully saturated rings. The van der Waals surface area contributed by atoms with Crippen molar-refractivity contribution in [2.75, 3.05) is 26.8 Å². The van der Waals surface area contributed by atoms with E-state index in [2.05, 4.69) is 4.74 Å². The van der Waals surface area contributed by atoms with Crippen LogP contribution in [0.5, 0.6) is 0 Å². The molecule has 2 N–H and O–H groups in total. The van der Waals surface area contributed by atoms with Crippen LogP contribution in [-0.2, 0) is 19.0 Å². The van der Waals surface area contributed by atoms with E-state index < -0.39 is 23.7 Å². The maximum Gasteiger partial charge on any atom is 0.410 e. The molecule has 7 nitrogen and oxygen atoms in total. The fraction of sp³-hybridized carbons (Fsp3) is 0.857. The number of carbonyl (C=O) groups excluding carboxylic acids is 2. The van der Waals surface area contributed by atoms with Crippen molar-refractivity contribution in [3.8, 4) is 0 Å². The standard InChI is InChI=1S/C14H26N2O5/c1-14(2,3)21-13(18)16(8-10-6-5-7-20-10)9-11(15)12(17)19-4/h10-11H,5-9,15H2,1-4H3/t10-,11-/m0/s1. The van der Waals surface area contributed by atoms with Crippen molar-refractivity contribution in [2.24, 2.45) is 5.73 Å². The second kappa shape index (κ2) is 7.61. The SMILES string of the molecule is COC(=O)[C@@H](N)CN(C[C@@H]1CCCO1)C(=O)OC(C)(C)C. The summed E-state index contributed by atoms with van der Waals surface area (Å²) in [6.07, 6.45) is 1.31. The van der Waals surface area contributed by atoms with E-state index in [1.54, 1.807) is 20.8 Å². The first-order valence-corrected chi connectivity index (χ1v) is 7.16. The second-order valence-corrected chi connectivity index (χ2v) is 6.15. The third kappa shape index (κ3) is 6.31. The lowest BCUT2D eigenvalue weighted by Crippen LogP contribution is -2.49. The third-order valence-electron chi connectivity index (χ3n) is 3.02. The molecule has 1 rings (SSSR count). The van der Waals surface area contributed by atoms with Gasteiger partial charge in [-0.3, -0.25) is 4.79 Å². The molecule has 1 saturated heterocycles. The van der Waals surface area contributed by atoms with E-state index in [9.17, 15) is 9.59 Å². The molecule has 0 radical (unpaired) electrons. The van der Waals surface area contributed by atoms with Crippen molar-refractivity contribution < 1.29 is 23.8 Å². The highest BCUT2D eigenvalue weighted by molar-refractivity contribution is 5.77. The highest BCUT2D eigenvalue weighted by atomic mass is 16.6. The summed E-state index contributed by atoms with van der Waals surface area (Å²) in [4.78, 5) is 25.1. The average molecular weight is 302 g/mol. The molecule has 0 aliphatic carbocycles. The zero-order valence-electron chi connectivity index (χ0n) is 13.3. The molecule has 1 heterocycles. The Morgan fingerprint density at radius 1 is 1.43 bits per heavy atom. The van der Waals surface area contributed by atoms with Gasteiger partial charge in [-0.15, -0.1) is 0 Å². The van der Waals surface area contributed by atoms with E-state index in [0.717, 1.165) is 12.8 Å². The minimum atomic E-state index is -0.899. The summed E-state index contributed by atoms with van der Waals surface area (Å²) in [7, 11) is 1.26. The van der Waals surface area contributed by atoms with Crippen LogP contribution in [0.15, 0.2) is 0 Å². The van der Waals surface area contributed by atoms with E-state index in [1.807, 2.05) is 0 Å². The molecule has 1 aliphatic rings. The number of hydrogen-bond acceptors (Lipinski definition) is 6. The normalized spacial score (nSPS) is 20.0. The van der Waals surface area contributed by atoms with Crippen molar-refractivity contribution in [1.82, 2.24) is 4.90 Å². The predicted octanol–water partition coefficient (Wildman–Crippen LogP) is 0.903. The van der Waals surface area contributed by atoms with Crippen LogP contribution in [0, 0.1) is 0 Å². The Kier molecular flexibility index (Phi) is 6.42. The van der Waals surface area contributed by atoms with Crippen LogP contribution in [0.3, 0.4) is 0 Å². The van der Waals surface area contributed by atoms with E-state index >= 15 is 0 Å². The van der Waals surface area contributed by atoms with Gasteiger partial charge >= 0.3 is 12.1 Å². The number of carbonyl (C=O) groups is 2. The van der Waals surface area contributed by atoms with Gasteiger partial charge in [-0.05, 0) is 33.6 Å². The van der Waals surface area contributed by atoms with Gasteiger partial charge in [0.25, 0.3) is 0 Å². The molecule has 0 bridgehead atoms. The Balaban J connectivity index is 2.68. The second-order valence-electron chi connectivity index (χ2n) is 6.15. The number of nitrogens with two attached hydrogens (primary N) is 1. The van der Waals surface area contributed by atoms with Gasteiger partial charge in [0.2, 0.25) is 0 Å². The van der Waals surface area contributed by atoms with Gasteiger partial charge in [0.05, 0.1) is 19.8 Å². The maximum atomic E-state index is 12.2. The third-order valence-corrected chi connectivity index (χ3v) is 3.02. The highest BCUT2D eigenvalue weighted by Gasteiger charge is 2.29. The van der Waals surface area contributed by atoms with Crippen molar-refractivity contribution in [3.63, 3.8) is 0 Å². The van der Waals surface area contributed by atoms with Gasteiger partial charge in [0, 0.05) is 13.2 Å². The molecule has 0 unspecified atom stereocenters. The fourth-order valence-corrected chi connectivity index (χ4v) is 2.05. The fourth-order valence-electron chi connectivity index (χ4n) is 2.05. The number of nitrogens with zero attached hydrogens (tertiary/aromatic N) is 1. The molecule has 2 atom stereocenters. The lowest BCUT2D eigenvalue weighted by Gasteiger charge is -2.30. The summed E-state index contributed by atoms with van der Waals surface area (Å²) in [5, 5.41) is 0. The summed E-state index contributed by atoms with van der Waals surface area (Å²) in [6.45, 7) is 6.46.